The number of hydrogen-bond donors (Lipinski definition) is 1. The number of carbonyl (C=O) groups excluding carboxylic acids is 1. The number of thiophene rings is 1. The number of fused-ring (bicyclic) bond motifs is 1. The molecule has 6 nitrogen and oxygen atoms in total. The van der Waals surface area contributed by atoms with Gasteiger partial charge in [0, 0.05) is 13.1 Å². The Kier molecular flexibility index (Phi) is 5.32. The third-order valence-electron chi connectivity index (χ3n) is 5.10. The highest BCUT2D eigenvalue weighted by Crippen LogP contribution is 2.31. The molecule has 0 bridgehead atoms. The van der Waals surface area contributed by atoms with Gasteiger partial charge in [-0.15, -0.1) is 11.3 Å². The lowest BCUT2D eigenvalue weighted by Crippen LogP contribution is -2.41. The molecule has 0 radical (unpaired) electrons. The first-order valence-electron chi connectivity index (χ1n) is 9.11. The molecule has 2 heterocycles. The maximum atomic E-state index is 13.0. The number of morpholine rings is 1. The monoisotopic (exact) mass is 406 g/mol. The maximum absolute atomic E-state index is 13.0. The van der Waals surface area contributed by atoms with Crippen LogP contribution in [0.3, 0.4) is 0 Å². The fourth-order valence-electron chi connectivity index (χ4n) is 3.72. The van der Waals surface area contributed by atoms with Crippen LogP contribution in [0, 0.1) is 0 Å². The minimum Gasteiger partial charge on any atom is -0.379 e. The number of nitrogens with zero attached hydrogens (tertiary/aromatic N) is 1. The zero-order valence-electron chi connectivity index (χ0n) is 14.9. The van der Waals surface area contributed by atoms with Crippen molar-refractivity contribution >= 4 is 27.3 Å². The minimum atomic E-state index is -3.69. The maximum Gasteiger partial charge on any atom is 0.263 e. The Hall–Kier alpha value is -1.74. The lowest BCUT2D eigenvalue weighted by atomic mass is 9.88. The lowest BCUT2D eigenvalue weighted by molar-refractivity contribution is 0.0730. The summed E-state index contributed by atoms with van der Waals surface area (Å²) in [5, 5.41) is 4.72. The Morgan fingerprint density at radius 3 is 2.78 bits per heavy atom. The molecule has 2 aromatic rings. The van der Waals surface area contributed by atoms with Gasteiger partial charge in [-0.2, -0.15) is 4.31 Å². The van der Waals surface area contributed by atoms with Crippen molar-refractivity contribution in [2.45, 2.75) is 30.2 Å². The van der Waals surface area contributed by atoms with Crippen molar-refractivity contribution in [3.63, 3.8) is 0 Å². The largest absolute Gasteiger partial charge is 0.379 e. The summed E-state index contributed by atoms with van der Waals surface area (Å²) in [6.07, 6.45) is 2.88. The number of carbonyl (C=O) groups is 1. The van der Waals surface area contributed by atoms with Crippen LogP contribution in [0.25, 0.3) is 0 Å². The summed E-state index contributed by atoms with van der Waals surface area (Å²) in [7, 11) is -3.69. The van der Waals surface area contributed by atoms with E-state index in [2.05, 4.69) is 11.4 Å². The molecule has 4 rings (SSSR count). The van der Waals surface area contributed by atoms with E-state index in [1.54, 1.807) is 5.38 Å². The van der Waals surface area contributed by atoms with Gasteiger partial charge < -0.3 is 10.1 Å². The van der Waals surface area contributed by atoms with E-state index in [1.807, 2.05) is 18.2 Å². The van der Waals surface area contributed by atoms with Gasteiger partial charge in [0.2, 0.25) is 10.0 Å². The molecule has 1 N–H and O–H groups in total. The van der Waals surface area contributed by atoms with Gasteiger partial charge >= 0.3 is 0 Å². The highest BCUT2D eigenvalue weighted by molar-refractivity contribution is 7.89. The summed E-state index contributed by atoms with van der Waals surface area (Å²) in [5.74, 6) is -0.321. The van der Waals surface area contributed by atoms with E-state index < -0.39 is 10.0 Å². The molecule has 8 heteroatoms. The van der Waals surface area contributed by atoms with E-state index in [0.29, 0.717) is 26.3 Å². The molecule has 1 aliphatic carbocycles. The summed E-state index contributed by atoms with van der Waals surface area (Å²) in [6, 6.07) is 9.56. The smallest absolute Gasteiger partial charge is 0.263 e. The minimum absolute atomic E-state index is 0.0801. The molecule has 1 aromatic heterocycles. The first kappa shape index (κ1) is 18.6. The highest BCUT2D eigenvalue weighted by Gasteiger charge is 2.32. The van der Waals surface area contributed by atoms with E-state index in [4.69, 9.17) is 4.74 Å². The molecule has 2 aliphatic rings. The van der Waals surface area contributed by atoms with Crippen LogP contribution in [0.5, 0.6) is 0 Å². The number of hydrogen-bond acceptors (Lipinski definition) is 5. The van der Waals surface area contributed by atoms with Crippen LogP contribution in [0.4, 0.5) is 0 Å². The molecule has 1 fully saturated rings. The predicted octanol–water partition coefficient (Wildman–Crippen LogP) is 2.58. The molecule has 1 atom stereocenters. The van der Waals surface area contributed by atoms with Crippen molar-refractivity contribution in [2.75, 3.05) is 26.3 Å². The third kappa shape index (κ3) is 3.67. The molecule has 0 spiro atoms. The quantitative estimate of drug-likeness (QED) is 0.847. The van der Waals surface area contributed by atoms with Crippen molar-refractivity contribution in [2.24, 2.45) is 0 Å². The van der Waals surface area contributed by atoms with Crippen LogP contribution >= 0.6 is 11.3 Å². The molecule has 1 saturated heterocycles. The standard InChI is InChI=1S/C19H22N2O4S2/c22-19(20-16-7-3-5-14-4-1-2-6-15(14)16)18-17(8-13-26-18)27(23,24)21-9-11-25-12-10-21/h1-2,4,6,8,13,16H,3,5,7,9-12H2,(H,20,22). The second-order valence-corrected chi connectivity index (χ2v) is 9.57. The Balaban J connectivity index is 1.57. The Morgan fingerprint density at radius 1 is 1.19 bits per heavy atom. The number of amides is 1. The predicted molar refractivity (Wildman–Crippen MR) is 103 cm³/mol. The van der Waals surface area contributed by atoms with Crippen molar-refractivity contribution in [1.29, 1.82) is 0 Å². The van der Waals surface area contributed by atoms with E-state index >= 15 is 0 Å². The number of ether oxygens (including phenoxy) is 1. The molecular formula is C19H22N2O4S2. The van der Waals surface area contributed by atoms with E-state index in [1.165, 1.54) is 27.3 Å². The van der Waals surface area contributed by atoms with Gasteiger partial charge in [0.05, 0.1) is 19.3 Å². The number of nitrogens with one attached hydrogen (secondary N) is 1. The number of rotatable bonds is 4. The lowest BCUT2D eigenvalue weighted by Gasteiger charge is -2.27. The van der Waals surface area contributed by atoms with Crippen LogP contribution < -0.4 is 5.32 Å². The number of benzene rings is 1. The van der Waals surface area contributed by atoms with Crippen LogP contribution in [-0.4, -0.2) is 44.9 Å². The molecule has 1 aliphatic heterocycles. The molecule has 1 amide bonds. The van der Waals surface area contributed by atoms with Crippen LogP contribution in [0.2, 0.25) is 0 Å². The van der Waals surface area contributed by atoms with Crippen LogP contribution in [-0.2, 0) is 21.2 Å². The summed E-state index contributed by atoms with van der Waals surface area (Å²) >= 11 is 1.17. The summed E-state index contributed by atoms with van der Waals surface area (Å²) in [4.78, 5) is 13.3. The van der Waals surface area contributed by atoms with Gasteiger partial charge in [-0.3, -0.25) is 4.79 Å². The molecule has 1 aromatic carbocycles. The molecule has 1 unspecified atom stereocenters. The second kappa shape index (κ2) is 7.71. The van der Waals surface area contributed by atoms with Crippen LogP contribution in [0.15, 0.2) is 40.6 Å². The molecule has 27 heavy (non-hydrogen) atoms. The molecule has 144 valence electrons. The Bertz CT molecular complexity index is 933. The average Bonchev–Trinajstić information content (AvgIpc) is 3.20. The Labute approximate surface area is 163 Å². The normalized spacial score (nSPS) is 20.8. The van der Waals surface area contributed by atoms with Crippen molar-refractivity contribution < 1.29 is 17.9 Å². The fourth-order valence-corrected chi connectivity index (χ4v) is 6.43. The number of aryl methyl sites for hydroxylation is 1. The first-order valence-corrected chi connectivity index (χ1v) is 11.4. The van der Waals surface area contributed by atoms with Gasteiger partial charge in [-0.05, 0) is 41.8 Å². The molecule has 0 saturated carbocycles. The number of sulfonamides is 1. The zero-order valence-corrected chi connectivity index (χ0v) is 16.5. The van der Waals surface area contributed by atoms with E-state index in [-0.39, 0.29) is 21.7 Å². The fraction of sp³-hybridized carbons (Fsp3) is 0.421. The molecular weight excluding hydrogens is 384 g/mol. The van der Waals surface area contributed by atoms with Gasteiger partial charge in [-0.25, -0.2) is 8.42 Å². The van der Waals surface area contributed by atoms with Crippen molar-refractivity contribution in [3.05, 3.63) is 51.7 Å². The topological polar surface area (TPSA) is 75.7 Å². The average molecular weight is 407 g/mol. The second-order valence-electron chi connectivity index (χ2n) is 6.75. The third-order valence-corrected chi connectivity index (χ3v) is 8.08. The SMILES string of the molecule is O=C(NC1CCCc2ccccc21)c1sccc1S(=O)(=O)N1CCOCC1. The Morgan fingerprint density at radius 2 is 1.96 bits per heavy atom. The summed E-state index contributed by atoms with van der Waals surface area (Å²) in [5.41, 5.74) is 2.38. The first-order chi connectivity index (χ1) is 13.1. The van der Waals surface area contributed by atoms with Gasteiger partial charge in [0.1, 0.15) is 9.77 Å². The van der Waals surface area contributed by atoms with E-state index in [9.17, 15) is 13.2 Å². The van der Waals surface area contributed by atoms with Gasteiger partial charge in [0.15, 0.2) is 0 Å². The van der Waals surface area contributed by atoms with Crippen molar-refractivity contribution in [1.82, 2.24) is 9.62 Å². The summed E-state index contributed by atoms with van der Waals surface area (Å²) < 4.78 is 32.6. The zero-order chi connectivity index (χ0) is 18.9. The van der Waals surface area contributed by atoms with E-state index in [0.717, 1.165) is 24.8 Å². The summed E-state index contributed by atoms with van der Waals surface area (Å²) in [6.45, 7) is 1.39. The highest BCUT2D eigenvalue weighted by atomic mass is 32.2. The van der Waals surface area contributed by atoms with Crippen LogP contribution in [0.1, 0.15) is 39.7 Å². The van der Waals surface area contributed by atoms with Gasteiger partial charge in [-0.1, -0.05) is 24.3 Å². The van der Waals surface area contributed by atoms with Gasteiger partial charge in [0.25, 0.3) is 5.91 Å². The van der Waals surface area contributed by atoms with Crippen molar-refractivity contribution in [3.8, 4) is 0 Å².